The fourth-order valence-corrected chi connectivity index (χ4v) is 4.90. The Bertz CT molecular complexity index is 948. The zero-order valence-corrected chi connectivity index (χ0v) is 17.5. The van der Waals surface area contributed by atoms with E-state index in [-0.39, 0.29) is 5.91 Å². The minimum absolute atomic E-state index is 0.0509. The highest BCUT2D eigenvalue weighted by Crippen LogP contribution is 2.22. The first kappa shape index (κ1) is 19.3. The lowest BCUT2D eigenvalue weighted by Gasteiger charge is -2.28. The topological polar surface area (TPSA) is 50.9 Å². The first-order valence-electron chi connectivity index (χ1n) is 9.65. The third-order valence-electron chi connectivity index (χ3n) is 5.36. The Kier molecular flexibility index (Phi) is 5.92. The Balaban J connectivity index is 1.27. The molecule has 0 aliphatic carbocycles. The fraction of sp³-hybridized carbons (Fsp3) is 0.333. The second kappa shape index (κ2) is 8.57. The number of quaternary nitrogens is 2. The molecule has 1 aromatic heterocycles. The van der Waals surface area contributed by atoms with Gasteiger partial charge in [0.2, 0.25) is 0 Å². The molecule has 1 fully saturated rings. The van der Waals surface area contributed by atoms with Crippen LogP contribution in [0.1, 0.15) is 10.6 Å². The van der Waals surface area contributed by atoms with Gasteiger partial charge in [-0.3, -0.25) is 4.79 Å². The molecule has 0 saturated carbocycles. The maximum atomic E-state index is 12.4. The van der Waals surface area contributed by atoms with E-state index < -0.39 is 0 Å². The van der Waals surface area contributed by atoms with E-state index in [0.29, 0.717) is 11.6 Å². The largest absolute Gasteiger partial charge is 0.321 e. The Morgan fingerprint density at radius 2 is 1.86 bits per heavy atom. The van der Waals surface area contributed by atoms with Crippen LogP contribution in [-0.2, 0) is 11.3 Å². The zero-order valence-electron chi connectivity index (χ0n) is 15.9. The molecule has 5 nitrogen and oxygen atoms in total. The van der Waals surface area contributed by atoms with Gasteiger partial charge in [-0.05, 0) is 36.8 Å². The van der Waals surface area contributed by atoms with E-state index in [0.717, 1.165) is 49.5 Å². The molecule has 0 spiro atoms. The molecule has 146 valence electrons. The number of aromatic nitrogens is 1. The van der Waals surface area contributed by atoms with Gasteiger partial charge >= 0.3 is 0 Å². The van der Waals surface area contributed by atoms with Gasteiger partial charge in [-0.15, -0.1) is 11.3 Å². The number of para-hydroxylation sites is 1. The summed E-state index contributed by atoms with van der Waals surface area (Å²) in [6.07, 6.45) is 0. The number of hydrogen-bond acceptors (Lipinski definition) is 3. The molecule has 7 heteroatoms. The predicted molar refractivity (Wildman–Crippen MR) is 114 cm³/mol. The molecule has 3 N–H and O–H groups in total. The Hall–Kier alpha value is -1.99. The summed E-state index contributed by atoms with van der Waals surface area (Å²) in [5.74, 6) is 0.0509. The molecule has 1 saturated heterocycles. The number of carbonyl (C=O) groups excluding carboxylic acids is 1. The van der Waals surface area contributed by atoms with Crippen molar-refractivity contribution in [3.05, 3.63) is 58.1 Å². The van der Waals surface area contributed by atoms with E-state index in [2.05, 4.69) is 23.5 Å². The number of anilines is 1. The van der Waals surface area contributed by atoms with Gasteiger partial charge in [0.15, 0.2) is 6.54 Å². The second-order valence-electron chi connectivity index (χ2n) is 7.39. The number of carbonyl (C=O) groups is 1. The van der Waals surface area contributed by atoms with Crippen molar-refractivity contribution in [3.8, 4) is 0 Å². The van der Waals surface area contributed by atoms with Gasteiger partial charge in [0.25, 0.3) is 5.91 Å². The van der Waals surface area contributed by atoms with Crippen molar-refractivity contribution in [2.24, 2.45) is 0 Å². The summed E-state index contributed by atoms with van der Waals surface area (Å²) < 4.78 is 1.26. The van der Waals surface area contributed by atoms with E-state index in [4.69, 9.17) is 16.6 Å². The summed E-state index contributed by atoms with van der Waals surface area (Å²) >= 11 is 7.93. The summed E-state index contributed by atoms with van der Waals surface area (Å²) in [5, 5.41) is 4.89. The van der Waals surface area contributed by atoms with Crippen molar-refractivity contribution < 1.29 is 14.6 Å². The minimum Gasteiger partial charge on any atom is -0.321 e. The number of halogens is 1. The van der Waals surface area contributed by atoms with Crippen LogP contribution in [0.4, 0.5) is 5.69 Å². The number of benzene rings is 2. The van der Waals surface area contributed by atoms with Crippen LogP contribution in [0.5, 0.6) is 0 Å². The van der Waals surface area contributed by atoms with E-state index in [9.17, 15) is 4.79 Å². The van der Waals surface area contributed by atoms with Crippen molar-refractivity contribution in [1.82, 2.24) is 4.98 Å². The molecule has 0 unspecified atom stereocenters. The zero-order chi connectivity index (χ0) is 19.5. The number of fused-ring (bicyclic) bond motifs is 1. The van der Waals surface area contributed by atoms with Crippen molar-refractivity contribution in [2.45, 2.75) is 13.5 Å². The van der Waals surface area contributed by atoms with Gasteiger partial charge in [0.1, 0.15) is 37.7 Å². The van der Waals surface area contributed by atoms with Crippen LogP contribution in [0.3, 0.4) is 0 Å². The van der Waals surface area contributed by atoms with Gasteiger partial charge < -0.3 is 15.1 Å². The summed E-state index contributed by atoms with van der Waals surface area (Å²) in [5.41, 5.74) is 2.81. The first-order valence-corrected chi connectivity index (χ1v) is 10.8. The van der Waals surface area contributed by atoms with Crippen LogP contribution in [0.25, 0.3) is 10.2 Å². The SMILES string of the molecule is Cc1c(Cl)cccc1NC(=O)C[NH+]1CC[NH+](Cc2nc3ccccc3s2)CC1. The molecular formula is C21H25ClN4OS+2. The van der Waals surface area contributed by atoms with Crippen LogP contribution in [0.15, 0.2) is 42.5 Å². The number of nitrogens with zero attached hydrogens (tertiary/aromatic N) is 1. The molecular weight excluding hydrogens is 392 g/mol. The molecule has 2 aromatic carbocycles. The lowest BCUT2D eigenvalue weighted by molar-refractivity contribution is -1.01. The lowest BCUT2D eigenvalue weighted by Crippen LogP contribution is -3.28. The third-order valence-corrected chi connectivity index (χ3v) is 6.80. The maximum Gasteiger partial charge on any atom is 0.279 e. The standard InChI is InChI=1S/C21H23ClN4OS/c1-15-16(22)5-4-7-17(15)23-20(27)13-25-9-11-26(12-10-25)14-21-24-18-6-2-3-8-19(18)28-21/h2-8H,9-14H2,1H3,(H,23,27)/p+2. The van der Waals surface area contributed by atoms with E-state index in [1.54, 1.807) is 16.2 Å². The molecule has 0 atom stereocenters. The van der Waals surface area contributed by atoms with E-state index in [1.807, 2.05) is 31.2 Å². The molecule has 28 heavy (non-hydrogen) atoms. The fourth-order valence-electron chi connectivity index (χ4n) is 3.68. The number of amides is 1. The Morgan fingerprint density at radius 3 is 2.64 bits per heavy atom. The van der Waals surface area contributed by atoms with E-state index in [1.165, 1.54) is 14.6 Å². The molecule has 2 heterocycles. The van der Waals surface area contributed by atoms with Crippen LogP contribution in [-0.4, -0.2) is 43.6 Å². The average Bonchev–Trinajstić information content (AvgIpc) is 3.09. The van der Waals surface area contributed by atoms with Gasteiger partial charge in [-0.25, -0.2) is 4.98 Å². The van der Waals surface area contributed by atoms with Gasteiger partial charge in [0, 0.05) is 10.7 Å². The maximum absolute atomic E-state index is 12.4. The number of hydrogen-bond donors (Lipinski definition) is 3. The Morgan fingerprint density at radius 1 is 1.11 bits per heavy atom. The molecule has 4 rings (SSSR count). The molecule has 0 radical (unpaired) electrons. The highest BCUT2D eigenvalue weighted by molar-refractivity contribution is 7.18. The number of thiazole rings is 1. The van der Waals surface area contributed by atoms with Gasteiger partial charge in [-0.2, -0.15) is 0 Å². The summed E-state index contributed by atoms with van der Waals surface area (Å²) in [7, 11) is 0. The smallest absolute Gasteiger partial charge is 0.279 e. The van der Waals surface area contributed by atoms with E-state index >= 15 is 0 Å². The van der Waals surface area contributed by atoms with Gasteiger partial charge in [0.05, 0.1) is 10.2 Å². The van der Waals surface area contributed by atoms with Crippen molar-refractivity contribution in [3.63, 3.8) is 0 Å². The third kappa shape index (κ3) is 4.52. The summed E-state index contributed by atoms with van der Waals surface area (Å²) in [4.78, 5) is 20.1. The second-order valence-corrected chi connectivity index (χ2v) is 8.91. The minimum atomic E-state index is 0.0509. The lowest BCUT2D eigenvalue weighted by atomic mass is 10.2. The molecule has 1 aliphatic heterocycles. The normalized spacial score (nSPS) is 19.6. The van der Waals surface area contributed by atoms with Gasteiger partial charge in [-0.1, -0.05) is 29.8 Å². The highest BCUT2D eigenvalue weighted by atomic mass is 35.5. The van der Waals surface area contributed by atoms with Crippen molar-refractivity contribution >= 4 is 44.7 Å². The molecule has 3 aromatic rings. The summed E-state index contributed by atoms with van der Waals surface area (Å²) in [6, 6.07) is 13.9. The highest BCUT2D eigenvalue weighted by Gasteiger charge is 2.25. The van der Waals surface area contributed by atoms with Crippen LogP contribution in [0.2, 0.25) is 5.02 Å². The van der Waals surface area contributed by atoms with Crippen molar-refractivity contribution in [2.75, 3.05) is 38.0 Å². The number of rotatable bonds is 5. The quantitative estimate of drug-likeness (QED) is 0.585. The number of nitrogens with one attached hydrogen (secondary N) is 3. The summed E-state index contributed by atoms with van der Waals surface area (Å²) in [6.45, 7) is 7.53. The monoisotopic (exact) mass is 416 g/mol. The molecule has 1 amide bonds. The average molecular weight is 417 g/mol. The molecule has 1 aliphatic rings. The van der Waals surface area contributed by atoms with Crippen LogP contribution >= 0.6 is 22.9 Å². The van der Waals surface area contributed by atoms with Crippen LogP contribution in [0, 0.1) is 6.92 Å². The van der Waals surface area contributed by atoms with Crippen molar-refractivity contribution in [1.29, 1.82) is 0 Å². The first-order chi connectivity index (χ1) is 13.6. The Labute approximate surface area is 173 Å². The number of piperazine rings is 1. The van der Waals surface area contributed by atoms with Crippen LogP contribution < -0.4 is 15.1 Å². The molecule has 0 bridgehead atoms. The predicted octanol–water partition coefficient (Wildman–Crippen LogP) is 1.18.